The number of hydrogen-bond acceptors (Lipinski definition) is 5. The fraction of sp³-hybridized carbons (Fsp3) is 0.174. The van der Waals surface area contributed by atoms with Crippen LogP contribution in [0, 0.1) is 6.92 Å². The van der Waals surface area contributed by atoms with Gasteiger partial charge in [0, 0.05) is 22.6 Å². The Morgan fingerprint density at radius 1 is 1.09 bits per heavy atom. The topological polar surface area (TPSA) is 104 Å². The van der Waals surface area contributed by atoms with Crippen LogP contribution in [0.2, 0.25) is 10.0 Å². The number of aryl methyl sites for hydroxylation is 1. The van der Waals surface area contributed by atoms with Crippen molar-refractivity contribution in [2.45, 2.75) is 26.2 Å². The number of hydrogen-bond donors (Lipinski definition) is 3. The zero-order valence-corrected chi connectivity index (χ0v) is 18.5. The second-order valence-electron chi connectivity index (χ2n) is 7.30. The number of fused-ring (bicyclic) bond motifs is 1. The number of amides is 2. The standard InChI is InChI=1S/C23H19Cl2N3O4/c1-12-20-17(27-28-22(30)14-5-2-3-7-18(14)29)6-4-8-19(20)32-21(12)23(31)26-16-10-9-13(24)11-15(16)25/h2-3,5,7,9-11,29H,4,6,8H2,1H3,(H,26,31)(H,28,30)/b27-17+. The van der Waals surface area contributed by atoms with E-state index in [1.807, 2.05) is 0 Å². The Hall–Kier alpha value is -3.29. The van der Waals surface area contributed by atoms with E-state index in [2.05, 4.69) is 15.8 Å². The molecule has 0 radical (unpaired) electrons. The second kappa shape index (κ2) is 9.06. The first-order chi connectivity index (χ1) is 15.3. The number of benzene rings is 2. The van der Waals surface area contributed by atoms with E-state index in [4.69, 9.17) is 27.6 Å². The SMILES string of the molecule is Cc1c(C(=O)Nc2ccc(Cl)cc2Cl)oc2c1/C(=N/NC(=O)c1ccccc1O)CCC2. The van der Waals surface area contributed by atoms with E-state index in [1.54, 1.807) is 31.2 Å². The average Bonchev–Trinajstić information content (AvgIpc) is 3.11. The summed E-state index contributed by atoms with van der Waals surface area (Å²) in [5.41, 5.74) is 4.97. The zero-order chi connectivity index (χ0) is 22.8. The number of hydrazone groups is 1. The van der Waals surface area contributed by atoms with Crippen molar-refractivity contribution in [1.29, 1.82) is 0 Å². The van der Waals surface area contributed by atoms with Gasteiger partial charge in [0.25, 0.3) is 11.8 Å². The van der Waals surface area contributed by atoms with Gasteiger partial charge in [0.1, 0.15) is 11.5 Å². The molecule has 32 heavy (non-hydrogen) atoms. The molecule has 7 nitrogen and oxygen atoms in total. The van der Waals surface area contributed by atoms with Crippen LogP contribution in [-0.4, -0.2) is 22.6 Å². The Labute approximate surface area is 194 Å². The summed E-state index contributed by atoms with van der Waals surface area (Å²) in [7, 11) is 0. The molecule has 0 saturated heterocycles. The van der Waals surface area contributed by atoms with Crippen molar-refractivity contribution >= 4 is 46.4 Å². The number of carbonyl (C=O) groups is 2. The van der Waals surface area contributed by atoms with Gasteiger partial charge in [-0.1, -0.05) is 35.3 Å². The number of furan rings is 1. The van der Waals surface area contributed by atoms with E-state index in [0.29, 0.717) is 51.2 Å². The van der Waals surface area contributed by atoms with Crippen LogP contribution in [0.1, 0.15) is 50.6 Å². The highest BCUT2D eigenvalue weighted by molar-refractivity contribution is 6.36. The number of anilines is 1. The highest BCUT2D eigenvalue weighted by Crippen LogP contribution is 2.31. The predicted molar refractivity (Wildman–Crippen MR) is 123 cm³/mol. The summed E-state index contributed by atoms with van der Waals surface area (Å²) in [6, 6.07) is 11.0. The maximum absolute atomic E-state index is 12.9. The molecule has 0 aliphatic heterocycles. The smallest absolute Gasteiger partial charge is 0.291 e. The van der Waals surface area contributed by atoms with E-state index < -0.39 is 11.8 Å². The second-order valence-corrected chi connectivity index (χ2v) is 8.15. The highest BCUT2D eigenvalue weighted by Gasteiger charge is 2.28. The summed E-state index contributed by atoms with van der Waals surface area (Å²) in [5, 5.41) is 17.6. The van der Waals surface area contributed by atoms with Crippen LogP contribution in [-0.2, 0) is 6.42 Å². The molecule has 9 heteroatoms. The van der Waals surface area contributed by atoms with E-state index in [9.17, 15) is 14.7 Å². The van der Waals surface area contributed by atoms with Gasteiger partial charge in [0.15, 0.2) is 5.76 Å². The molecule has 1 aliphatic rings. The number of carbonyl (C=O) groups excluding carboxylic acids is 2. The number of para-hydroxylation sites is 1. The van der Waals surface area contributed by atoms with Gasteiger partial charge >= 0.3 is 0 Å². The van der Waals surface area contributed by atoms with Gasteiger partial charge in [-0.15, -0.1) is 0 Å². The number of aromatic hydroxyl groups is 1. The van der Waals surface area contributed by atoms with Gasteiger partial charge in [0.05, 0.1) is 22.0 Å². The lowest BCUT2D eigenvalue weighted by Gasteiger charge is -2.13. The number of nitrogens with one attached hydrogen (secondary N) is 2. The van der Waals surface area contributed by atoms with Crippen molar-refractivity contribution in [2.75, 3.05) is 5.32 Å². The Morgan fingerprint density at radius 3 is 2.62 bits per heavy atom. The van der Waals surface area contributed by atoms with Crippen molar-refractivity contribution in [3.05, 3.63) is 80.7 Å². The minimum atomic E-state index is -0.529. The van der Waals surface area contributed by atoms with Crippen molar-refractivity contribution in [1.82, 2.24) is 5.43 Å². The number of phenols is 1. The molecule has 2 aromatic carbocycles. The number of phenolic OH excluding ortho intramolecular Hbond substituents is 1. The molecule has 4 rings (SSSR count). The van der Waals surface area contributed by atoms with Gasteiger partial charge < -0.3 is 14.8 Å². The first kappa shape index (κ1) is 21.9. The molecule has 0 spiro atoms. The maximum Gasteiger partial charge on any atom is 0.291 e. The lowest BCUT2D eigenvalue weighted by Crippen LogP contribution is -2.22. The van der Waals surface area contributed by atoms with Crippen LogP contribution in [0.5, 0.6) is 5.75 Å². The minimum Gasteiger partial charge on any atom is -0.507 e. The lowest BCUT2D eigenvalue weighted by atomic mass is 9.93. The molecule has 3 aromatic rings. The van der Waals surface area contributed by atoms with Gasteiger partial charge in [-0.3, -0.25) is 9.59 Å². The van der Waals surface area contributed by atoms with E-state index >= 15 is 0 Å². The molecular weight excluding hydrogens is 453 g/mol. The molecular formula is C23H19Cl2N3O4. The summed E-state index contributed by atoms with van der Waals surface area (Å²) in [6.45, 7) is 1.77. The molecule has 0 bridgehead atoms. The number of rotatable bonds is 4. The molecule has 3 N–H and O–H groups in total. The fourth-order valence-electron chi connectivity index (χ4n) is 3.61. The molecule has 1 aromatic heterocycles. The molecule has 0 saturated carbocycles. The van der Waals surface area contributed by atoms with Crippen molar-refractivity contribution < 1.29 is 19.1 Å². The van der Waals surface area contributed by atoms with E-state index in [0.717, 1.165) is 6.42 Å². The highest BCUT2D eigenvalue weighted by atomic mass is 35.5. The van der Waals surface area contributed by atoms with Crippen LogP contribution in [0.4, 0.5) is 5.69 Å². The van der Waals surface area contributed by atoms with Crippen molar-refractivity contribution in [2.24, 2.45) is 5.10 Å². The third-order valence-electron chi connectivity index (χ3n) is 5.15. The van der Waals surface area contributed by atoms with Gasteiger partial charge in [0.2, 0.25) is 0 Å². The first-order valence-corrected chi connectivity index (χ1v) is 10.6. The molecule has 2 amide bonds. The quantitative estimate of drug-likeness (QED) is 0.447. The first-order valence-electron chi connectivity index (χ1n) is 9.89. The maximum atomic E-state index is 12.9. The van der Waals surface area contributed by atoms with Crippen molar-refractivity contribution in [3.8, 4) is 5.75 Å². The summed E-state index contributed by atoms with van der Waals surface area (Å²) in [5.74, 6) is -0.314. The third-order valence-corrected chi connectivity index (χ3v) is 5.70. The van der Waals surface area contributed by atoms with Gasteiger partial charge in [-0.2, -0.15) is 5.10 Å². The molecule has 0 fully saturated rings. The molecule has 164 valence electrons. The Kier molecular flexibility index (Phi) is 6.21. The third kappa shape index (κ3) is 4.35. The normalized spacial score (nSPS) is 14.2. The van der Waals surface area contributed by atoms with E-state index in [-0.39, 0.29) is 17.1 Å². The van der Waals surface area contributed by atoms with Crippen LogP contribution >= 0.6 is 23.2 Å². The lowest BCUT2D eigenvalue weighted by molar-refractivity contribution is 0.0950. The molecule has 1 heterocycles. The minimum absolute atomic E-state index is 0.122. The summed E-state index contributed by atoms with van der Waals surface area (Å²) < 4.78 is 5.86. The Bertz CT molecular complexity index is 1250. The zero-order valence-electron chi connectivity index (χ0n) is 17.0. The van der Waals surface area contributed by atoms with Gasteiger partial charge in [-0.05, 0) is 50.1 Å². The summed E-state index contributed by atoms with van der Waals surface area (Å²) in [4.78, 5) is 25.2. The number of halogens is 2. The fourth-order valence-corrected chi connectivity index (χ4v) is 4.07. The predicted octanol–water partition coefficient (Wildman–Crippen LogP) is 5.32. The number of nitrogens with zero attached hydrogens (tertiary/aromatic N) is 1. The Morgan fingerprint density at radius 2 is 1.88 bits per heavy atom. The summed E-state index contributed by atoms with van der Waals surface area (Å²) in [6.07, 6.45) is 2.02. The van der Waals surface area contributed by atoms with Crippen LogP contribution in [0.15, 0.2) is 52.0 Å². The monoisotopic (exact) mass is 471 g/mol. The summed E-state index contributed by atoms with van der Waals surface area (Å²) >= 11 is 12.1. The largest absolute Gasteiger partial charge is 0.507 e. The molecule has 0 unspecified atom stereocenters. The van der Waals surface area contributed by atoms with Crippen LogP contribution < -0.4 is 10.7 Å². The average molecular weight is 472 g/mol. The molecule has 1 aliphatic carbocycles. The van der Waals surface area contributed by atoms with E-state index in [1.165, 1.54) is 18.2 Å². The van der Waals surface area contributed by atoms with Crippen molar-refractivity contribution in [3.63, 3.8) is 0 Å². The Balaban J connectivity index is 1.58. The van der Waals surface area contributed by atoms with Crippen LogP contribution in [0.25, 0.3) is 0 Å². The molecule has 0 atom stereocenters. The van der Waals surface area contributed by atoms with Crippen LogP contribution in [0.3, 0.4) is 0 Å². The van der Waals surface area contributed by atoms with Gasteiger partial charge in [-0.25, -0.2) is 5.43 Å².